The molecule has 3 saturated carbocycles. The third kappa shape index (κ3) is 3.41. The Morgan fingerprint density at radius 1 is 0.963 bits per heavy atom. The van der Waals surface area contributed by atoms with Crippen molar-refractivity contribution in [3.8, 4) is 0 Å². The van der Waals surface area contributed by atoms with Crippen LogP contribution in [-0.2, 0) is 17.9 Å². The molecule has 3 aliphatic rings. The van der Waals surface area contributed by atoms with Crippen molar-refractivity contribution in [2.24, 2.45) is 23.2 Å². The Morgan fingerprint density at radius 2 is 1.48 bits per heavy atom. The molecule has 4 atom stereocenters. The van der Waals surface area contributed by atoms with Crippen LogP contribution in [0.25, 0.3) is 0 Å². The van der Waals surface area contributed by atoms with E-state index in [4.69, 9.17) is 0 Å². The smallest absolute Gasteiger partial charge is 0.308 e. The second-order valence-electron chi connectivity index (χ2n) is 8.90. The zero-order chi connectivity index (χ0) is 19.0. The van der Waals surface area contributed by atoms with E-state index in [9.17, 15) is 9.90 Å². The Bertz CT molecular complexity index is 745. The standard InChI is InChI=1S/C24H29NO2/c1-24(2)19-13-20(24)22(23(26)27)21(14-19)25(15-17-9-5-3-6-10-17)16-18-11-7-4-8-12-18/h3-12,19-22H,13-16H2,1-2H3,(H,26,27)/t19-,20+,21+,22+/m1/s1. The number of carbonyl (C=O) groups is 1. The molecule has 0 radical (unpaired) electrons. The lowest BCUT2D eigenvalue weighted by Crippen LogP contribution is -2.63. The van der Waals surface area contributed by atoms with E-state index in [0.29, 0.717) is 5.92 Å². The lowest BCUT2D eigenvalue weighted by atomic mass is 9.44. The zero-order valence-electron chi connectivity index (χ0n) is 16.2. The molecule has 1 N–H and O–H groups in total. The molecule has 27 heavy (non-hydrogen) atoms. The molecule has 2 aromatic carbocycles. The van der Waals surface area contributed by atoms with Crippen molar-refractivity contribution in [1.29, 1.82) is 0 Å². The van der Waals surface area contributed by atoms with Crippen LogP contribution in [0.4, 0.5) is 0 Å². The molecular formula is C24H29NO2. The molecule has 0 aliphatic heterocycles. The van der Waals surface area contributed by atoms with Crippen LogP contribution in [0.15, 0.2) is 60.7 Å². The number of hydrogen-bond donors (Lipinski definition) is 1. The summed E-state index contributed by atoms with van der Waals surface area (Å²) in [7, 11) is 0. The molecule has 142 valence electrons. The molecule has 3 heteroatoms. The average Bonchev–Trinajstić information content (AvgIpc) is 2.68. The number of carboxylic acids is 1. The quantitative estimate of drug-likeness (QED) is 0.799. The first-order valence-corrected chi connectivity index (χ1v) is 10.0. The minimum atomic E-state index is -0.623. The van der Waals surface area contributed by atoms with Gasteiger partial charge in [-0.2, -0.15) is 0 Å². The summed E-state index contributed by atoms with van der Waals surface area (Å²) in [6.45, 7) is 6.11. The lowest BCUT2D eigenvalue weighted by molar-refractivity contribution is -0.180. The highest BCUT2D eigenvalue weighted by molar-refractivity contribution is 5.72. The molecule has 0 unspecified atom stereocenters. The largest absolute Gasteiger partial charge is 0.481 e. The number of aliphatic carboxylic acids is 1. The highest BCUT2D eigenvalue weighted by Gasteiger charge is 2.60. The predicted octanol–water partition coefficient (Wildman–Crippen LogP) is 4.82. The van der Waals surface area contributed by atoms with Crippen LogP contribution < -0.4 is 0 Å². The SMILES string of the molecule is CC1(C)[C@H]2C[C@H](N(Cc3ccccc3)Cc3ccccc3)[C@@H](C(=O)O)[C@@H]1C2. The van der Waals surface area contributed by atoms with Crippen molar-refractivity contribution >= 4 is 5.97 Å². The highest BCUT2D eigenvalue weighted by atomic mass is 16.4. The summed E-state index contributed by atoms with van der Waals surface area (Å²) < 4.78 is 0. The molecule has 0 heterocycles. The van der Waals surface area contributed by atoms with E-state index < -0.39 is 5.97 Å². The summed E-state index contributed by atoms with van der Waals surface area (Å²) in [5, 5.41) is 10.1. The van der Waals surface area contributed by atoms with Crippen molar-refractivity contribution < 1.29 is 9.90 Å². The zero-order valence-corrected chi connectivity index (χ0v) is 16.2. The van der Waals surface area contributed by atoms with E-state index in [2.05, 4.69) is 67.3 Å². The summed E-state index contributed by atoms with van der Waals surface area (Å²) in [4.78, 5) is 14.7. The number of hydrogen-bond acceptors (Lipinski definition) is 2. The fourth-order valence-electron chi connectivity index (χ4n) is 5.41. The molecule has 3 aliphatic carbocycles. The van der Waals surface area contributed by atoms with Gasteiger partial charge in [0.05, 0.1) is 5.92 Å². The Kier molecular flexibility index (Phi) is 4.81. The van der Waals surface area contributed by atoms with Gasteiger partial charge in [0, 0.05) is 19.1 Å². The minimum Gasteiger partial charge on any atom is -0.481 e. The first-order chi connectivity index (χ1) is 13.0. The van der Waals surface area contributed by atoms with Gasteiger partial charge >= 0.3 is 5.97 Å². The van der Waals surface area contributed by atoms with Gasteiger partial charge in [0.1, 0.15) is 0 Å². The Hall–Kier alpha value is -2.13. The van der Waals surface area contributed by atoms with Crippen molar-refractivity contribution in [2.45, 2.75) is 45.8 Å². The topological polar surface area (TPSA) is 40.5 Å². The van der Waals surface area contributed by atoms with Gasteiger partial charge in [-0.15, -0.1) is 0 Å². The van der Waals surface area contributed by atoms with E-state index in [0.717, 1.165) is 25.9 Å². The molecular weight excluding hydrogens is 334 g/mol. The summed E-state index contributed by atoms with van der Waals surface area (Å²) in [5.41, 5.74) is 2.65. The Labute approximate surface area is 162 Å². The lowest BCUT2D eigenvalue weighted by Gasteiger charge is -2.62. The summed E-state index contributed by atoms with van der Waals surface area (Å²) in [5.74, 6) is 0.0183. The second kappa shape index (κ2) is 7.12. The van der Waals surface area contributed by atoms with Gasteiger partial charge in [-0.1, -0.05) is 74.5 Å². The summed E-state index contributed by atoms with van der Waals surface area (Å²) >= 11 is 0. The van der Waals surface area contributed by atoms with Crippen LogP contribution in [0.5, 0.6) is 0 Å². The van der Waals surface area contributed by atoms with Crippen LogP contribution in [0.1, 0.15) is 37.8 Å². The molecule has 0 aromatic heterocycles. The number of benzene rings is 2. The van der Waals surface area contributed by atoms with Gasteiger partial charge in [0.25, 0.3) is 0 Å². The normalized spacial score (nSPS) is 28.6. The molecule has 3 nitrogen and oxygen atoms in total. The fourth-order valence-corrected chi connectivity index (χ4v) is 5.41. The van der Waals surface area contributed by atoms with Crippen molar-refractivity contribution in [3.63, 3.8) is 0 Å². The summed E-state index contributed by atoms with van der Waals surface area (Å²) in [6.07, 6.45) is 2.06. The van der Waals surface area contributed by atoms with Gasteiger partial charge in [0.15, 0.2) is 0 Å². The van der Waals surface area contributed by atoms with Crippen LogP contribution >= 0.6 is 0 Å². The number of carboxylic acid groups (broad SMARTS) is 1. The van der Waals surface area contributed by atoms with Gasteiger partial charge in [0.2, 0.25) is 0 Å². The first-order valence-electron chi connectivity index (χ1n) is 10.0. The molecule has 5 rings (SSSR count). The predicted molar refractivity (Wildman–Crippen MR) is 107 cm³/mol. The van der Waals surface area contributed by atoms with Crippen molar-refractivity contribution in [3.05, 3.63) is 71.8 Å². The fraction of sp³-hybridized carbons (Fsp3) is 0.458. The number of fused-ring (bicyclic) bond motifs is 2. The van der Waals surface area contributed by atoms with Crippen LogP contribution in [0.2, 0.25) is 0 Å². The van der Waals surface area contributed by atoms with E-state index in [1.54, 1.807) is 0 Å². The van der Waals surface area contributed by atoms with Gasteiger partial charge in [-0.3, -0.25) is 9.69 Å². The van der Waals surface area contributed by atoms with Crippen molar-refractivity contribution in [1.82, 2.24) is 4.90 Å². The number of nitrogens with zero attached hydrogens (tertiary/aromatic N) is 1. The van der Waals surface area contributed by atoms with Crippen LogP contribution in [-0.4, -0.2) is 22.0 Å². The molecule has 2 bridgehead atoms. The van der Waals surface area contributed by atoms with Gasteiger partial charge in [-0.05, 0) is 41.2 Å². The van der Waals surface area contributed by atoms with E-state index in [1.165, 1.54) is 11.1 Å². The van der Waals surface area contributed by atoms with Gasteiger partial charge < -0.3 is 5.11 Å². The van der Waals surface area contributed by atoms with E-state index in [-0.39, 0.29) is 23.3 Å². The molecule has 0 spiro atoms. The monoisotopic (exact) mass is 363 g/mol. The highest BCUT2D eigenvalue weighted by Crippen LogP contribution is 2.62. The third-order valence-corrected chi connectivity index (χ3v) is 7.13. The van der Waals surface area contributed by atoms with Gasteiger partial charge in [-0.25, -0.2) is 0 Å². The molecule has 0 saturated heterocycles. The van der Waals surface area contributed by atoms with Crippen LogP contribution in [0.3, 0.4) is 0 Å². The maximum Gasteiger partial charge on any atom is 0.308 e. The second-order valence-corrected chi connectivity index (χ2v) is 8.90. The Morgan fingerprint density at radius 3 is 1.93 bits per heavy atom. The molecule has 2 aromatic rings. The maximum atomic E-state index is 12.3. The number of rotatable bonds is 6. The van der Waals surface area contributed by atoms with Crippen LogP contribution in [0, 0.1) is 23.2 Å². The maximum absolute atomic E-state index is 12.3. The average molecular weight is 364 g/mol. The van der Waals surface area contributed by atoms with E-state index in [1.807, 2.05) is 12.1 Å². The first kappa shape index (κ1) is 18.2. The third-order valence-electron chi connectivity index (χ3n) is 7.13. The summed E-state index contributed by atoms with van der Waals surface area (Å²) in [6, 6.07) is 21.0. The molecule has 3 fully saturated rings. The molecule has 0 amide bonds. The van der Waals surface area contributed by atoms with E-state index >= 15 is 0 Å². The minimum absolute atomic E-state index is 0.0969. The Balaban J connectivity index is 1.64. The van der Waals surface area contributed by atoms with Crippen molar-refractivity contribution in [2.75, 3.05) is 0 Å².